The van der Waals surface area contributed by atoms with Crippen LogP contribution in [0.25, 0.3) is 0 Å². The van der Waals surface area contributed by atoms with E-state index in [1.807, 2.05) is 13.8 Å². The van der Waals surface area contributed by atoms with Crippen LogP contribution in [0.2, 0.25) is 0 Å². The first-order valence-electron chi connectivity index (χ1n) is 6.73. The first kappa shape index (κ1) is 15.9. The molecule has 108 valence electrons. The maximum atomic E-state index is 12.2. The van der Waals surface area contributed by atoms with Gasteiger partial charge in [0.2, 0.25) is 10.0 Å². The molecule has 1 aliphatic rings. The quantitative estimate of drug-likeness (QED) is 0.601. The zero-order valence-corrected chi connectivity index (χ0v) is 12.5. The summed E-state index contributed by atoms with van der Waals surface area (Å²) in [5.41, 5.74) is 0. The predicted octanol–water partition coefficient (Wildman–Crippen LogP) is 0.815. The van der Waals surface area contributed by atoms with Crippen LogP contribution in [0.5, 0.6) is 0 Å². The first-order valence-corrected chi connectivity index (χ1v) is 8.34. The van der Waals surface area contributed by atoms with E-state index in [0.29, 0.717) is 25.6 Å². The summed E-state index contributed by atoms with van der Waals surface area (Å²) < 4.78 is 30.9. The van der Waals surface area contributed by atoms with Crippen molar-refractivity contribution in [2.24, 2.45) is 0 Å². The molecular weight excluding hydrogens is 252 g/mol. The number of sulfonamides is 1. The normalized spacial score (nSPS) is 18.2. The number of methoxy groups -OCH3 is 1. The highest BCUT2D eigenvalue weighted by Gasteiger charge is 2.25. The van der Waals surface area contributed by atoms with Crippen molar-refractivity contribution < 1.29 is 13.2 Å². The molecule has 1 aliphatic carbocycles. The van der Waals surface area contributed by atoms with Crippen molar-refractivity contribution in [3.8, 4) is 0 Å². The van der Waals surface area contributed by atoms with Crippen LogP contribution in [0.15, 0.2) is 0 Å². The van der Waals surface area contributed by atoms with Crippen LogP contribution in [0.3, 0.4) is 0 Å². The van der Waals surface area contributed by atoms with E-state index in [9.17, 15) is 8.42 Å². The lowest BCUT2D eigenvalue weighted by atomic mass is 10.4. The molecule has 1 N–H and O–H groups in total. The van der Waals surface area contributed by atoms with Gasteiger partial charge in [0.1, 0.15) is 0 Å². The van der Waals surface area contributed by atoms with Gasteiger partial charge in [0.05, 0.1) is 12.4 Å². The van der Waals surface area contributed by atoms with Crippen molar-refractivity contribution >= 4 is 10.0 Å². The van der Waals surface area contributed by atoms with Crippen molar-refractivity contribution in [3.05, 3.63) is 0 Å². The highest BCUT2D eigenvalue weighted by atomic mass is 32.2. The van der Waals surface area contributed by atoms with E-state index in [2.05, 4.69) is 5.32 Å². The van der Waals surface area contributed by atoms with Crippen LogP contribution in [0.1, 0.15) is 33.1 Å². The molecule has 6 heteroatoms. The lowest BCUT2D eigenvalue weighted by Gasteiger charge is -2.26. The van der Waals surface area contributed by atoms with Crippen molar-refractivity contribution in [1.82, 2.24) is 9.62 Å². The number of nitrogens with one attached hydrogen (secondary N) is 1. The van der Waals surface area contributed by atoms with Crippen molar-refractivity contribution in [2.75, 3.05) is 32.6 Å². The summed E-state index contributed by atoms with van der Waals surface area (Å²) in [4.78, 5) is 0. The van der Waals surface area contributed by atoms with E-state index >= 15 is 0 Å². The summed E-state index contributed by atoms with van der Waals surface area (Å²) in [6.07, 6.45) is 3.15. The zero-order valence-electron chi connectivity index (χ0n) is 11.7. The molecule has 1 fully saturated rings. The van der Waals surface area contributed by atoms with Gasteiger partial charge in [0.15, 0.2) is 0 Å². The molecule has 1 saturated carbocycles. The summed E-state index contributed by atoms with van der Waals surface area (Å²) in [5.74, 6) is 0.217. The van der Waals surface area contributed by atoms with Crippen LogP contribution in [-0.2, 0) is 14.8 Å². The van der Waals surface area contributed by atoms with E-state index in [1.165, 1.54) is 17.1 Å². The summed E-state index contributed by atoms with van der Waals surface area (Å²) in [6.45, 7) is 5.48. The second kappa shape index (κ2) is 7.43. The molecule has 0 aromatic carbocycles. The molecule has 0 bridgehead atoms. The molecule has 18 heavy (non-hydrogen) atoms. The standard InChI is InChI=1S/C12H26N2O3S/c1-4-14(11(2)10-17-3)18(15,16)9-5-8-13-12-6-7-12/h11-13H,4-10H2,1-3H3. The SMILES string of the molecule is CCN(C(C)COC)S(=O)(=O)CCCNC1CC1. The molecule has 0 spiro atoms. The number of hydrogen-bond acceptors (Lipinski definition) is 4. The Labute approximate surface area is 111 Å². The lowest BCUT2D eigenvalue weighted by Crippen LogP contribution is -2.42. The van der Waals surface area contributed by atoms with Gasteiger partial charge in [-0.1, -0.05) is 6.92 Å². The van der Waals surface area contributed by atoms with Crippen LogP contribution >= 0.6 is 0 Å². The Balaban J connectivity index is 2.37. The van der Waals surface area contributed by atoms with Gasteiger partial charge in [-0.3, -0.25) is 0 Å². The highest BCUT2D eigenvalue weighted by molar-refractivity contribution is 7.89. The maximum Gasteiger partial charge on any atom is 0.214 e. The average molecular weight is 278 g/mol. The van der Waals surface area contributed by atoms with Gasteiger partial charge < -0.3 is 10.1 Å². The van der Waals surface area contributed by atoms with Gasteiger partial charge in [0.25, 0.3) is 0 Å². The molecule has 1 atom stereocenters. The van der Waals surface area contributed by atoms with Gasteiger partial charge in [0, 0.05) is 25.7 Å². The Bertz CT molecular complexity index is 328. The minimum absolute atomic E-state index is 0.0959. The molecule has 0 saturated heterocycles. The van der Waals surface area contributed by atoms with Crippen LogP contribution in [0.4, 0.5) is 0 Å². The summed E-state index contributed by atoms with van der Waals surface area (Å²) in [5, 5.41) is 3.33. The van der Waals surface area contributed by atoms with Gasteiger partial charge in [-0.25, -0.2) is 8.42 Å². The van der Waals surface area contributed by atoms with Crippen LogP contribution in [-0.4, -0.2) is 57.4 Å². The second-order valence-corrected chi connectivity index (χ2v) is 6.95. The summed E-state index contributed by atoms with van der Waals surface area (Å²) in [6, 6.07) is 0.545. The van der Waals surface area contributed by atoms with Crippen molar-refractivity contribution in [1.29, 1.82) is 0 Å². The minimum Gasteiger partial charge on any atom is -0.383 e. The minimum atomic E-state index is -3.16. The average Bonchev–Trinajstić information content (AvgIpc) is 3.09. The zero-order chi connectivity index (χ0) is 13.6. The number of hydrogen-bond donors (Lipinski definition) is 1. The molecule has 0 aromatic heterocycles. The fraction of sp³-hybridized carbons (Fsp3) is 1.00. The van der Waals surface area contributed by atoms with Gasteiger partial charge >= 0.3 is 0 Å². The molecular formula is C12H26N2O3S. The topological polar surface area (TPSA) is 58.6 Å². The van der Waals surface area contributed by atoms with E-state index in [-0.39, 0.29) is 11.8 Å². The highest BCUT2D eigenvalue weighted by Crippen LogP contribution is 2.18. The molecule has 1 unspecified atom stereocenters. The third-order valence-corrected chi connectivity index (χ3v) is 5.30. The Morgan fingerprint density at radius 2 is 2.11 bits per heavy atom. The van der Waals surface area contributed by atoms with Crippen LogP contribution in [0, 0.1) is 0 Å². The van der Waals surface area contributed by atoms with Crippen molar-refractivity contribution in [2.45, 2.75) is 45.2 Å². The Morgan fingerprint density at radius 3 is 2.61 bits per heavy atom. The Morgan fingerprint density at radius 1 is 1.44 bits per heavy atom. The van der Waals surface area contributed by atoms with E-state index in [0.717, 1.165) is 6.54 Å². The number of likely N-dealkylation sites (N-methyl/N-ethyl adjacent to an activating group) is 1. The van der Waals surface area contributed by atoms with Crippen LogP contribution < -0.4 is 5.32 Å². The molecule has 0 heterocycles. The lowest BCUT2D eigenvalue weighted by molar-refractivity contribution is 0.142. The van der Waals surface area contributed by atoms with E-state index in [4.69, 9.17) is 4.74 Å². The van der Waals surface area contributed by atoms with Gasteiger partial charge in [-0.05, 0) is 32.7 Å². The van der Waals surface area contributed by atoms with Gasteiger partial charge in [-0.15, -0.1) is 0 Å². The Hall–Kier alpha value is -0.170. The number of rotatable bonds is 10. The second-order valence-electron chi connectivity index (χ2n) is 4.91. The maximum absolute atomic E-state index is 12.2. The van der Waals surface area contributed by atoms with E-state index < -0.39 is 10.0 Å². The number of nitrogens with zero attached hydrogens (tertiary/aromatic N) is 1. The largest absolute Gasteiger partial charge is 0.383 e. The summed E-state index contributed by atoms with van der Waals surface area (Å²) in [7, 11) is -1.56. The monoisotopic (exact) mass is 278 g/mol. The summed E-state index contributed by atoms with van der Waals surface area (Å²) >= 11 is 0. The predicted molar refractivity (Wildman–Crippen MR) is 73.1 cm³/mol. The van der Waals surface area contributed by atoms with Crippen molar-refractivity contribution in [3.63, 3.8) is 0 Å². The Kier molecular flexibility index (Phi) is 6.55. The molecule has 0 amide bonds. The number of ether oxygens (including phenoxy) is 1. The fourth-order valence-electron chi connectivity index (χ4n) is 2.07. The molecule has 0 radical (unpaired) electrons. The smallest absolute Gasteiger partial charge is 0.214 e. The molecule has 5 nitrogen and oxygen atoms in total. The first-order chi connectivity index (χ1) is 8.51. The fourth-order valence-corrected chi connectivity index (χ4v) is 3.82. The molecule has 0 aliphatic heterocycles. The molecule has 1 rings (SSSR count). The molecule has 0 aromatic rings. The van der Waals surface area contributed by atoms with Gasteiger partial charge in [-0.2, -0.15) is 4.31 Å². The third kappa shape index (κ3) is 5.22. The third-order valence-electron chi connectivity index (χ3n) is 3.16. The van der Waals surface area contributed by atoms with E-state index in [1.54, 1.807) is 7.11 Å².